The first-order chi connectivity index (χ1) is 8.75. The molecule has 18 heavy (non-hydrogen) atoms. The minimum Gasteiger partial charge on any atom is -0.378 e. The Kier molecular flexibility index (Phi) is 4.78. The van der Waals surface area contributed by atoms with Crippen molar-refractivity contribution in [3.8, 4) is 0 Å². The summed E-state index contributed by atoms with van der Waals surface area (Å²) >= 11 is 0. The third-order valence-electron chi connectivity index (χ3n) is 2.87. The normalized spacial score (nSPS) is 16.1. The van der Waals surface area contributed by atoms with E-state index in [-0.39, 0.29) is 0 Å². The van der Waals surface area contributed by atoms with Gasteiger partial charge in [-0.1, -0.05) is 0 Å². The van der Waals surface area contributed by atoms with Crippen molar-refractivity contribution in [2.45, 2.75) is 0 Å². The van der Waals surface area contributed by atoms with Crippen molar-refractivity contribution in [2.24, 2.45) is 0 Å². The van der Waals surface area contributed by atoms with Gasteiger partial charge in [-0.25, -0.2) is 4.98 Å². The van der Waals surface area contributed by atoms with E-state index >= 15 is 0 Å². The fourth-order valence-electron chi connectivity index (χ4n) is 1.84. The zero-order chi connectivity index (χ0) is 12.8. The van der Waals surface area contributed by atoms with Gasteiger partial charge >= 0.3 is 0 Å². The van der Waals surface area contributed by atoms with Crippen LogP contribution >= 0.6 is 0 Å². The first-order valence-corrected chi connectivity index (χ1v) is 6.35. The number of hydrogen-bond donors (Lipinski definition) is 1. The van der Waals surface area contributed by atoms with Crippen molar-refractivity contribution in [1.29, 1.82) is 0 Å². The molecule has 5 heteroatoms. The van der Waals surface area contributed by atoms with Crippen LogP contribution in [0, 0.1) is 6.07 Å². The second-order valence-corrected chi connectivity index (χ2v) is 4.64. The maximum absolute atomic E-state index is 5.34. The molecule has 2 heterocycles. The summed E-state index contributed by atoms with van der Waals surface area (Å²) in [7, 11) is 4.12. The Bertz CT molecular complexity index is 364. The van der Waals surface area contributed by atoms with Gasteiger partial charge in [0, 0.05) is 26.2 Å². The van der Waals surface area contributed by atoms with Crippen LogP contribution in [0.5, 0.6) is 0 Å². The van der Waals surface area contributed by atoms with Gasteiger partial charge in [0.05, 0.1) is 13.2 Å². The predicted molar refractivity (Wildman–Crippen MR) is 73.1 cm³/mol. The molecular formula is C13H21N4O. The van der Waals surface area contributed by atoms with E-state index in [1.165, 1.54) is 0 Å². The Balaban J connectivity index is 1.91. The highest BCUT2D eigenvalue weighted by molar-refractivity contribution is 5.46. The Labute approximate surface area is 109 Å². The molecule has 2 rings (SSSR count). The molecule has 1 aliphatic rings. The number of hydrogen-bond acceptors (Lipinski definition) is 5. The van der Waals surface area contributed by atoms with Gasteiger partial charge in [-0.2, -0.15) is 0 Å². The van der Waals surface area contributed by atoms with Crippen LogP contribution in [-0.4, -0.2) is 63.4 Å². The molecule has 1 radical (unpaired) electrons. The van der Waals surface area contributed by atoms with Crippen molar-refractivity contribution in [2.75, 3.05) is 63.7 Å². The standard InChI is InChI=1S/C13H21N4O/c1-16(2)7-6-14-12-4-3-5-13(15-12)17-8-10-18-11-9-17/h4-5H,6-11H2,1-2H3,(H,14,15). The summed E-state index contributed by atoms with van der Waals surface area (Å²) in [6.07, 6.45) is 0. The van der Waals surface area contributed by atoms with E-state index in [2.05, 4.69) is 40.3 Å². The molecular weight excluding hydrogens is 228 g/mol. The fraction of sp³-hybridized carbons (Fsp3) is 0.615. The number of nitrogens with one attached hydrogen (secondary N) is 1. The van der Waals surface area contributed by atoms with Gasteiger partial charge in [-0.3, -0.25) is 0 Å². The van der Waals surface area contributed by atoms with Crippen molar-refractivity contribution in [3.05, 3.63) is 18.2 Å². The Morgan fingerprint density at radius 2 is 2.17 bits per heavy atom. The predicted octanol–water partition coefficient (Wildman–Crippen LogP) is 0.692. The zero-order valence-electron chi connectivity index (χ0n) is 11.1. The molecule has 1 N–H and O–H groups in total. The molecule has 1 aliphatic heterocycles. The summed E-state index contributed by atoms with van der Waals surface area (Å²) in [5, 5.41) is 3.31. The van der Waals surface area contributed by atoms with Crippen LogP contribution in [0.2, 0.25) is 0 Å². The highest BCUT2D eigenvalue weighted by atomic mass is 16.5. The lowest BCUT2D eigenvalue weighted by Crippen LogP contribution is -2.36. The lowest BCUT2D eigenvalue weighted by atomic mass is 10.3. The smallest absolute Gasteiger partial charge is 0.131 e. The summed E-state index contributed by atoms with van der Waals surface area (Å²) < 4.78 is 5.34. The number of anilines is 2. The van der Waals surface area contributed by atoms with Crippen LogP contribution < -0.4 is 10.2 Å². The minimum atomic E-state index is 0.778. The fourth-order valence-corrected chi connectivity index (χ4v) is 1.84. The van der Waals surface area contributed by atoms with E-state index in [0.717, 1.165) is 51.0 Å². The van der Waals surface area contributed by atoms with Gasteiger partial charge in [0.2, 0.25) is 0 Å². The second-order valence-electron chi connectivity index (χ2n) is 4.64. The molecule has 1 aromatic heterocycles. The van der Waals surface area contributed by atoms with Gasteiger partial charge in [0.15, 0.2) is 0 Å². The second kappa shape index (κ2) is 6.56. The third-order valence-corrected chi connectivity index (χ3v) is 2.87. The molecule has 0 aliphatic carbocycles. The zero-order valence-corrected chi connectivity index (χ0v) is 11.1. The Morgan fingerprint density at radius 3 is 2.89 bits per heavy atom. The average molecular weight is 249 g/mol. The van der Waals surface area contributed by atoms with Crippen molar-refractivity contribution < 1.29 is 4.74 Å². The maximum atomic E-state index is 5.34. The van der Waals surface area contributed by atoms with Crippen LogP contribution in [0.1, 0.15) is 0 Å². The summed E-state index contributed by atoms with van der Waals surface area (Å²) in [4.78, 5) is 8.98. The monoisotopic (exact) mass is 249 g/mol. The molecule has 99 valence electrons. The molecule has 0 aromatic carbocycles. The van der Waals surface area contributed by atoms with Crippen LogP contribution in [0.25, 0.3) is 0 Å². The highest BCUT2D eigenvalue weighted by Crippen LogP contribution is 2.14. The third kappa shape index (κ3) is 3.85. The van der Waals surface area contributed by atoms with Gasteiger partial charge in [0.25, 0.3) is 0 Å². The van der Waals surface area contributed by atoms with Crippen LogP contribution in [0.15, 0.2) is 12.1 Å². The lowest BCUT2D eigenvalue weighted by Gasteiger charge is -2.28. The molecule has 0 amide bonds. The number of nitrogens with zero attached hydrogens (tertiary/aromatic N) is 3. The molecule has 1 aromatic rings. The molecule has 1 saturated heterocycles. The van der Waals surface area contributed by atoms with Crippen LogP contribution in [0.4, 0.5) is 11.6 Å². The highest BCUT2D eigenvalue weighted by Gasteiger charge is 2.12. The number of morpholine rings is 1. The lowest BCUT2D eigenvalue weighted by molar-refractivity contribution is 0.122. The van der Waals surface area contributed by atoms with E-state index in [0.29, 0.717) is 0 Å². The van der Waals surface area contributed by atoms with E-state index in [4.69, 9.17) is 4.74 Å². The van der Waals surface area contributed by atoms with Crippen molar-refractivity contribution in [1.82, 2.24) is 9.88 Å². The van der Waals surface area contributed by atoms with E-state index in [9.17, 15) is 0 Å². The van der Waals surface area contributed by atoms with Crippen molar-refractivity contribution in [3.63, 3.8) is 0 Å². The molecule has 0 spiro atoms. The molecule has 0 unspecified atom stereocenters. The molecule has 5 nitrogen and oxygen atoms in total. The average Bonchev–Trinajstić information content (AvgIpc) is 2.40. The largest absolute Gasteiger partial charge is 0.378 e. The number of ether oxygens (including phenoxy) is 1. The number of likely N-dealkylation sites (N-methyl/N-ethyl adjacent to an activating group) is 1. The quantitative estimate of drug-likeness (QED) is 0.831. The van der Waals surface area contributed by atoms with Crippen molar-refractivity contribution >= 4 is 11.6 Å². The van der Waals surface area contributed by atoms with Gasteiger partial charge in [-0.05, 0) is 32.3 Å². The Morgan fingerprint density at radius 1 is 1.39 bits per heavy atom. The summed E-state index contributed by atoms with van der Waals surface area (Å²) in [6, 6.07) is 6.97. The molecule has 0 saturated carbocycles. The summed E-state index contributed by atoms with van der Waals surface area (Å²) in [6.45, 7) is 5.24. The topological polar surface area (TPSA) is 40.6 Å². The first kappa shape index (κ1) is 13.1. The summed E-state index contributed by atoms with van der Waals surface area (Å²) in [5.74, 6) is 1.87. The van der Waals surface area contributed by atoms with E-state index < -0.39 is 0 Å². The van der Waals surface area contributed by atoms with E-state index in [1.807, 2.05) is 12.1 Å². The molecule has 1 fully saturated rings. The van der Waals surface area contributed by atoms with Gasteiger partial charge in [-0.15, -0.1) is 0 Å². The molecule has 0 atom stereocenters. The molecule has 0 bridgehead atoms. The SMILES string of the molecule is CN(C)CCNc1c[c]cc(N2CCOCC2)n1. The minimum absolute atomic E-state index is 0.778. The number of aromatic nitrogens is 1. The number of rotatable bonds is 5. The number of pyridine rings is 1. The Hall–Kier alpha value is -1.33. The van der Waals surface area contributed by atoms with Crippen LogP contribution in [-0.2, 0) is 4.74 Å². The van der Waals surface area contributed by atoms with Gasteiger partial charge < -0.3 is 19.9 Å². The first-order valence-electron chi connectivity index (χ1n) is 6.35. The summed E-state index contributed by atoms with van der Waals surface area (Å²) in [5.41, 5.74) is 0. The van der Waals surface area contributed by atoms with Crippen LogP contribution in [0.3, 0.4) is 0 Å². The van der Waals surface area contributed by atoms with E-state index in [1.54, 1.807) is 0 Å². The van der Waals surface area contributed by atoms with Gasteiger partial charge in [0.1, 0.15) is 11.6 Å². The maximum Gasteiger partial charge on any atom is 0.131 e.